The summed E-state index contributed by atoms with van der Waals surface area (Å²) in [7, 11) is -3.04. The molecule has 3 heterocycles. The van der Waals surface area contributed by atoms with E-state index in [4.69, 9.17) is 0 Å². The number of carbonyl (C=O) groups excluding carboxylic acids is 1. The van der Waals surface area contributed by atoms with Gasteiger partial charge in [-0.3, -0.25) is 4.79 Å². The van der Waals surface area contributed by atoms with Gasteiger partial charge in [-0.2, -0.15) is 0 Å². The molecule has 1 aromatic rings. The van der Waals surface area contributed by atoms with Gasteiger partial charge < -0.3 is 9.80 Å². The van der Waals surface area contributed by atoms with E-state index in [0.29, 0.717) is 24.6 Å². The van der Waals surface area contributed by atoms with Crippen molar-refractivity contribution in [3.63, 3.8) is 0 Å². The zero-order valence-corrected chi connectivity index (χ0v) is 16.5. The molecule has 1 atom stereocenters. The minimum atomic E-state index is -3.04. The van der Waals surface area contributed by atoms with Crippen molar-refractivity contribution in [1.82, 2.24) is 14.9 Å². The van der Waals surface area contributed by atoms with Gasteiger partial charge in [-0.05, 0) is 39.2 Å². The SMILES string of the molecule is CCN(C(=O)c1cc(C)nc(N2CCCCCC2)n1)C1CCS(=O)(=O)C1. The van der Waals surface area contributed by atoms with Gasteiger partial charge in [0.1, 0.15) is 5.69 Å². The average molecular weight is 381 g/mol. The van der Waals surface area contributed by atoms with E-state index in [1.165, 1.54) is 12.8 Å². The highest BCUT2D eigenvalue weighted by molar-refractivity contribution is 7.91. The Balaban J connectivity index is 1.84. The first-order valence-corrected chi connectivity index (χ1v) is 11.3. The number of carbonyl (C=O) groups is 1. The van der Waals surface area contributed by atoms with Crippen molar-refractivity contribution in [2.24, 2.45) is 0 Å². The van der Waals surface area contributed by atoms with E-state index in [-0.39, 0.29) is 23.5 Å². The van der Waals surface area contributed by atoms with Crippen LogP contribution in [0.3, 0.4) is 0 Å². The minimum absolute atomic E-state index is 0.0512. The number of hydrogen-bond donors (Lipinski definition) is 0. The van der Waals surface area contributed by atoms with E-state index >= 15 is 0 Å². The van der Waals surface area contributed by atoms with Crippen LogP contribution in [-0.4, -0.2) is 66.4 Å². The quantitative estimate of drug-likeness (QED) is 0.792. The smallest absolute Gasteiger partial charge is 0.272 e. The summed E-state index contributed by atoms with van der Waals surface area (Å²) in [4.78, 5) is 25.9. The Hall–Kier alpha value is -1.70. The first-order valence-electron chi connectivity index (χ1n) is 9.51. The molecule has 0 aliphatic carbocycles. The molecule has 0 aromatic carbocycles. The summed E-state index contributed by atoms with van der Waals surface area (Å²) < 4.78 is 23.6. The van der Waals surface area contributed by atoms with Gasteiger partial charge in [0.05, 0.1) is 11.5 Å². The van der Waals surface area contributed by atoms with Crippen molar-refractivity contribution in [3.05, 3.63) is 17.5 Å². The predicted octanol–water partition coefficient (Wildman–Crippen LogP) is 1.81. The van der Waals surface area contributed by atoms with Crippen LogP contribution >= 0.6 is 0 Å². The molecule has 0 saturated carbocycles. The minimum Gasteiger partial charge on any atom is -0.341 e. The van der Waals surface area contributed by atoms with Crippen molar-refractivity contribution in [3.8, 4) is 0 Å². The van der Waals surface area contributed by atoms with Gasteiger partial charge in [-0.25, -0.2) is 18.4 Å². The molecule has 0 spiro atoms. The highest BCUT2D eigenvalue weighted by atomic mass is 32.2. The average Bonchev–Trinajstić information content (AvgIpc) is 2.81. The summed E-state index contributed by atoms with van der Waals surface area (Å²) in [5.74, 6) is 0.625. The zero-order valence-electron chi connectivity index (χ0n) is 15.6. The van der Waals surface area contributed by atoms with Gasteiger partial charge in [0, 0.05) is 31.4 Å². The van der Waals surface area contributed by atoms with E-state index in [0.717, 1.165) is 31.6 Å². The summed E-state index contributed by atoms with van der Waals surface area (Å²) in [5.41, 5.74) is 1.13. The third-order valence-electron chi connectivity index (χ3n) is 5.20. The highest BCUT2D eigenvalue weighted by Crippen LogP contribution is 2.21. The Morgan fingerprint density at radius 3 is 2.50 bits per heavy atom. The maximum Gasteiger partial charge on any atom is 0.272 e. The molecular formula is C18H28N4O3S. The van der Waals surface area contributed by atoms with Crippen molar-refractivity contribution in [2.75, 3.05) is 36.0 Å². The van der Waals surface area contributed by atoms with Crippen molar-refractivity contribution in [2.45, 2.75) is 52.0 Å². The summed E-state index contributed by atoms with van der Waals surface area (Å²) in [6.45, 7) is 6.05. The fourth-order valence-electron chi connectivity index (χ4n) is 3.81. The molecule has 0 bridgehead atoms. The Bertz CT molecular complexity index is 758. The number of rotatable bonds is 4. The molecular weight excluding hydrogens is 352 g/mol. The maximum atomic E-state index is 13.1. The van der Waals surface area contributed by atoms with Gasteiger partial charge in [0.2, 0.25) is 5.95 Å². The van der Waals surface area contributed by atoms with E-state index in [2.05, 4.69) is 14.9 Å². The largest absolute Gasteiger partial charge is 0.341 e. The first kappa shape index (κ1) is 19.1. The number of nitrogens with zero attached hydrogens (tertiary/aromatic N) is 4. The maximum absolute atomic E-state index is 13.1. The van der Waals surface area contributed by atoms with Crippen LogP contribution in [0.1, 0.15) is 55.2 Å². The molecule has 2 aliphatic heterocycles. The molecule has 1 amide bonds. The second-order valence-corrected chi connectivity index (χ2v) is 9.47. The Morgan fingerprint density at radius 1 is 1.23 bits per heavy atom. The van der Waals surface area contributed by atoms with Crippen molar-refractivity contribution < 1.29 is 13.2 Å². The Morgan fingerprint density at radius 2 is 1.92 bits per heavy atom. The topological polar surface area (TPSA) is 83.5 Å². The van der Waals surface area contributed by atoms with Crippen LogP contribution in [0.2, 0.25) is 0 Å². The fraction of sp³-hybridized carbons (Fsp3) is 0.722. The molecule has 1 aromatic heterocycles. The molecule has 8 heteroatoms. The molecule has 0 N–H and O–H groups in total. The van der Waals surface area contributed by atoms with Gasteiger partial charge >= 0.3 is 0 Å². The molecule has 26 heavy (non-hydrogen) atoms. The molecule has 144 valence electrons. The normalized spacial score (nSPS) is 22.8. The van der Waals surface area contributed by atoms with Gasteiger partial charge in [-0.1, -0.05) is 12.8 Å². The number of aryl methyl sites for hydroxylation is 1. The van der Waals surface area contributed by atoms with Gasteiger partial charge in [-0.15, -0.1) is 0 Å². The Kier molecular flexibility index (Phi) is 5.79. The lowest BCUT2D eigenvalue weighted by atomic mass is 10.2. The number of aromatic nitrogens is 2. The summed E-state index contributed by atoms with van der Waals surface area (Å²) in [6, 6.07) is 1.45. The molecule has 2 saturated heterocycles. The lowest BCUT2D eigenvalue weighted by molar-refractivity contribution is 0.0702. The first-order chi connectivity index (χ1) is 12.4. The fourth-order valence-corrected chi connectivity index (χ4v) is 5.54. The van der Waals surface area contributed by atoms with Crippen LogP contribution in [0.15, 0.2) is 6.07 Å². The van der Waals surface area contributed by atoms with Crippen LogP contribution in [-0.2, 0) is 9.84 Å². The molecule has 0 radical (unpaired) electrons. The van der Waals surface area contributed by atoms with E-state index in [1.54, 1.807) is 11.0 Å². The van der Waals surface area contributed by atoms with Crippen LogP contribution in [0.25, 0.3) is 0 Å². The van der Waals surface area contributed by atoms with Gasteiger partial charge in [0.25, 0.3) is 5.91 Å². The number of anilines is 1. The van der Waals surface area contributed by atoms with Gasteiger partial charge in [0.15, 0.2) is 9.84 Å². The number of hydrogen-bond acceptors (Lipinski definition) is 6. The monoisotopic (exact) mass is 380 g/mol. The number of sulfone groups is 1. The molecule has 7 nitrogen and oxygen atoms in total. The highest BCUT2D eigenvalue weighted by Gasteiger charge is 2.35. The van der Waals surface area contributed by atoms with E-state index in [1.807, 2.05) is 13.8 Å². The molecule has 2 aliphatic rings. The molecule has 2 fully saturated rings. The zero-order chi connectivity index (χ0) is 18.7. The second kappa shape index (κ2) is 7.90. The molecule has 3 rings (SSSR count). The summed E-state index contributed by atoms with van der Waals surface area (Å²) >= 11 is 0. The van der Waals surface area contributed by atoms with E-state index in [9.17, 15) is 13.2 Å². The third-order valence-corrected chi connectivity index (χ3v) is 6.95. The molecule has 1 unspecified atom stereocenters. The van der Waals surface area contributed by atoms with Crippen molar-refractivity contribution >= 4 is 21.7 Å². The van der Waals surface area contributed by atoms with Crippen LogP contribution in [0.4, 0.5) is 5.95 Å². The van der Waals surface area contributed by atoms with Crippen LogP contribution < -0.4 is 4.90 Å². The lowest BCUT2D eigenvalue weighted by Gasteiger charge is -2.27. The summed E-state index contributed by atoms with van der Waals surface area (Å²) in [6.07, 6.45) is 5.16. The third kappa shape index (κ3) is 4.34. The Labute approximate surface area is 155 Å². The number of amides is 1. The van der Waals surface area contributed by atoms with E-state index < -0.39 is 9.84 Å². The van der Waals surface area contributed by atoms with Crippen LogP contribution in [0, 0.1) is 6.92 Å². The predicted molar refractivity (Wildman–Crippen MR) is 101 cm³/mol. The van der Waals surface area contributed by atoms with Crippen LogP contribution in [0.5, 0.6) is 0 Å². The summed E-state index contributed by atoms with van der Waals surface area (Å²) in [5, 5.41) is 0. The van der Waals surface area contributed by atoms with Crippen molar-refractivity contribution in [1.29, 1.82) is 0 Å². The second-order valence-electron chi connectivity index (χ2n) is 7.24. The lowest BCUT2D eigenvalue weighted by Crippen LogP contribution is -2.41. The standard InChI is InChI=1S/C18H28N4O3S/c1-3-22(15-8-11-26(24,25)13-15)17(23)16-12-14(2)19-18(20-16)21-9-6-4-5-7-10-21/h12,15H,3-11,13H2,1-2H3.